The summed E-state index contributed by atoms with van der Waals surface area (Å²) in [6, 6.07) is 7.62. The topological polar surface area (TPSA) is 72.4 Å². The third-order valence-corrected chi connectivity index (χ3v) is 4.65. The third-order valence-electron chi connectivity index (χ3n) is 4.12. The van der Waals surface area contributed by atoms with Crippen LogP contribution in [0.5, 0.6) is 0 Å². The van der Waals surface area contributed by atoms with Gasteiger partial charge in [0.15, 0.2) is 0 Å². The first-order chi connectivity index (χ1) is 9.45. The van der Waals surface area contributed by atoms with Gasteiger partial charge in [0, 0.05) is 17.6 Å². The summed E-state index contributed by atoms with van der Waals surface area (Å²) in [7, 11) is 0. The van der Waals surface area contributed by atoms with Crippen molar-refractivity contribution in [3.63, 3.8) is 0 Å². The second kappa shape index (κ2) is 6.24. The number of hydrogen-bond donors (Lipinski definition) is 2. The number of likely N-dealkylation sites (tertiary alicyclic amines) is 1. The number of piperidine rings is 1. The molecule has 1 aromatic carbocycles. The van der Waals surface area contributed by atoms with Gasteiger partial charge in [0.1, 0.15) is 5.54 Å². The van der Waals surface area contributed by atoms with Crippen molar-refractivity contribution in [2.24, 2.45) is 17.4 Å². The molecule has 5 heteroatoms. The fourth-order valence-electron chi connectivity index (χ4n) is 2.62. The van der Waals surface area contributed by atoms with Gasteiger partial charge in [-0.25, -0.2) is 0 Å². The molecule has 0 aliphatic carbocycles. The molecule has 1 amide bonds. The fraction of sp³-hybridized carbons (Fsp3) is 0.533. The van der Waals surface area contributed by atoms with Gasteiger partial charge >= 0.3 is 0 Å². The lowest BCUT2D eigenvalue weighted by Gasteiger charge is -2.36. The van der Waals surface area contributed by atoms with Crippen LogP contribution in [0.1, 0.15) is 25.3 Å². The summed E-state index contributed by atoms with van der Waals surface area (Å²) in [6.45, 7) is 4.00. The van der Waals surface area contributed by atoms with Gasteiger partial charge in [-0.1, -0.05) is 28.1 Å². The van der Waals surface area contributed by atoms with Crippen LogP contribution in [-0.4, -0.2) is 30.4 Å². The molecule has 1 atom stereocenters. The zero-order valence-electron chi connectivity index (χ0n) is 11.8. The second-order valence-corrected chi connectivity index (χ2v) is 6.60. The predicted molar refractivity (Wildman–Crippen MR) is 84.0 cm³/mol. The quantitative estimate of drug-likeness (QED) is 0.882. The van der Waals surface area contributed by atoms with Gasteiger partial charge in [0.05, 0.1) is 0 Å². The van der Waals surface area contributed by atoms with Crippen LogP contribution in [0.15, 0.2) is 28.7 Å². The molecule has 20 heavy (non-hydrogen) atoms. The minimum Gasteiger partial charge on any atom is -0.341 e. The molecule has 1 saturated heterocycles. The molecular weight excluding hydrogens is 318 g/mol. The van der Waals surface area contributed by atoms with E-state index >= 15 is 0 Å². The van der Waals surface area contributed by atoms with Crippen molar-refractivity contribution in [2.75, 3.05) is 19.6 Å². The van der Waals surface area contributed by atoms with Crippen molar-refractivity contribution in [2.45, 2.75) is 25.3 Å². The highest BCUT2D eigenvalue weighted by Gasteiger charge is 2.35. The zero-order chi connectivity index (χ0) is 14.8. The molecule has 1 aliphatic rings. The van der Waals surface area contributed by atoms with E-state index in [-0.39, 0.29) is 5.91 Å². The molecule has 2 rings (SSSR count). The van der Waals surface area contributed by atoms with Crippen molar-refractivity contribution >= 4 is 21.8 Å². The standard InChI is InChI=1S/C15H22BrN3O/c1-15(18,12-2-4-13(16)5-3-12)14(20)19-8-6-11(10-17)7-9-19/h2-5,11H,6-10,17-18H2,1H3. The summed E-state index contributed by atoms with van der Waals surface area (Å²) in [5, 5.41) is 0. The number of nitrogens with two attached hydrogens (primary N) is 2. The first-order valence-corrected chi connectivity index (χ1v) is 7.79. The lowest BCUT2D eigenvalue weighted by atomic mass is 9.89. The van der Waals surface area contributed by atoms with E-state index in [2.05, 4.69) is 15.9 Å². The van der Waals surface area contributed by atoms with Crippen molar-refractivity contribution in [3.05, 3.63) is 34.3 Å². The summed E-state index contributed by atoms with van der Waals surface area (Å²) in [5.74, 6) is 0.533. The number of carbonyl (C=O) groups is 1. The summed E-state index contributed by atoms with van der Waals surface area (Å²) >= 11 is 3.39. The Bertz CT molecular complexity index is 465. The lowest BCUT2D eigenvalue weighted by Crippen LogP contribution is -2.53. The first kappa shape index (κ1) is 15.5. The van der Waals surface area contributed by atoms with E-state index in [0.717, 1.165) is 36.0 Å². The summed E-state index contributed by atoms with van der Waals surface area (Å²) in [6.07, 6.45) is 1.94. The first-order valence-electron chi connectivity index (χ1n) is 6.99. The molecule has 0 saturated carbocycles. The number of nitrogens with zero attached hydrogens (tertiary/aromatic N) is 1. The number of benzene rings is 1. The molecule has 0 radical (unpaired) electrons. The second-order valence-electron chi connectivity index (χ2n) is 5.68. The Kier molecular flexibility index (Phi) is 4.83. The number of rotatable bonds is 3. The average Bonchev–Trinajstić information content (AvgIpc) is 2.47. The van der Waals surface area contributed by atoms with E-state index in [1.165, 1.54) is 0 Å². The van der Waals surface area contributed by atoms with Crippen molar-refractivity contribution in [3.8, 4) is 0 Å². The average molecular weight is 340 g/mol. The van der Waals surface area contributed by atoms with Gasteiger partial charge in [0.25, 0.3) is 0 Å². The molecule has 0 spiro atoms. The van der Waals surface area contributed by atoms with Crippen LogP contribution < -0.4 is 11.5 Å². The number of halogens is 1. The van der Waals surface area contributed by atoms with Crippen molar-refractivity contribution < 1.29 is 4.79 Å². The van der Waals surface area contributed by atoms with Crippen molar-refractivity contribution in [1.29, 1.82) is 0 Å². The smallest absolute Gasteiger partial charge is 0.246 e. The van der Waals surface area contributed by atoms with Crippen LogP contribution in [0.4, 0.5) is 0 Å². The highest BCUT2D eigenvalue weighted by Crippen LogP contribution is 2.25. The SMILES string of the molecule is CC(N)(C(=O)N1CCC(CN)CC1)c1ccc(Br)cc1. The predicted octanol–water partition coefficient (Wildman–Crippen LogP) is 1.82. The minimum atomic E-state index is -0.976. The van der Waals surface area contributed by atoms with Gasteiger partial charge in [-0.2, -0.15) is 0 Å². The highest BCUT2D eigenvalue weighted by molar-refractivity contribution is 9.10. The number of hydrogen-bond acceptors (Lipinski definition) is 3. The van der Waals surface area contributed by atoms with Gasteiger partial charge in [0.2, 0.25) is 5.91 Å². The van der Waals surface area contributed by atoms with E-state index in [9.17, 15) is 4.79 Å². The van der Waals surface area contributed by atoms with Crippen LogP contribution in [0.3, 0.4) is 0 Å². The zero-order valence-corrected chi connectivity index (χ0v) is 13.4. The maximum Gasteiger partial charge on any atom is 0.246 e. The Hall–Kier alpha value is -0.910. The van der Waals surface area contributed by atoms with Crippen LogP contribution in [0.2, 0.25) is 0 Å². The molecule has 110 valence electrons. The van der Waals surface area contributed by atoms with Gasteiger partial charge in [-0.05, 0) is 49.9 Å². The number of amides is 1. The van der Waals surface area contributed by atoms with E-state index in [1.54, 1.807) is 6.92 Å². The molecule has 1 fully saturated rings. The fourth-order valence-corrected chi connectivity index (χ4v) is 2.88. The van der Waals surface area contributed by atoms with Crippen LogP contribution in [0.25, 0.3) is 0 Å². The molecule has 1 heterocycles. The molecule has 4 nitrogen and oxygen atoms in total. The van der Waals surface area contributed by atoms with Gasteiger partial charge in [-0.15, -0.1) is 0 Å². The Balaban J connectivity index is 2.09. The molecule has 4 N–H and O–H groups in total. The monoisotopic (exact) mass is 339 g/mol. The summed E-state index contributed by atoms with van der Waals surface area (Å²) in [5.41, 5.74) is 11.8. The Morgan fingerprint density at radius 3 is 2.40 bits per heavy atom. The summed E-state index contributed by atoms with van der Waals surface area (Å²) in [4.78, 5) is 14.5. The van der Waals surface area contributed by atoms with Gasteiger partial charge < -0.3 is 16.4 Å². The van der Waals surface area contributed by atoms with Crippen LogP contribution >= 0.6 is 15.9 Å². The molecule has 1 unspecified atom stereocenters. The Morgan fingerprint density at radius 1 is 1.35 bits per heavy atom. The normalized spacial score (nSPS) is 19.7. The lowest BCUT2D eigenvalue weighted by molar-refractivity contribution is -0.138. The van der Waals surface area contributed by atoms with E-state index in [1.807, 2.05) is 29.2 Å². The molecule has 0 aromatic heterocycles. The Labute approximate surface area is 128 Å². The molecule has 1 aliphatic heterocycles. The number of carbonyl (C=O) groups excluding carboxylic acids is 1. The molecule has 1 aromatic rings. The van der Waals surface area contributed by atoms with E-state index in [0.29, 0.717) is 12.5 Å². The van der Waals surface area contributed by atoms with Crippen molar-refractivity contribution in [1.82, 2.24) is 4.90 Å². The van der Waals surface area contributed by atoms with E-state index < -0.39 is 5.54 Å². The highest BCUT2D eigenvalue weighted by atomic mass is 79.9. The van der Waals surface area contributed by atoms with E-state index in [4.69, 9.17) is 11.5 Å². The molecule has 0 bridgehead atoms. The van der Waals surface area contributed by atoms with Gasteiger partial charge in [-0.3, -0.25) is 4.79 Å². The molecular formula is C15H22BrN3O. The largest absolute Gasteiger partial charge is 0.341 e. The third kappa shape index (κ3) is 3.22. The summed E-state index contributed by atoms with van der Waals surface area (Å²) < 4.78 is 0.980. The Morgan fingerprint density at radius 2 is 1.90 bits per heavy atom. The maximum absolute atomic E-state index is 12.7. The van der Waals surface area contributed by atoms with Crippen LogP contribution in [0, 0.1) is 5.92 Å². The van der Waals surface area contributed by atoms with Crippen LogP contribution in [-0.2, 0) is 10.3 Å². The minimum absolute atomic E-state index is 0.00436. The maximum atomic E-state index is 12.7.